The van der Waals surface area contributed by atoms with Crippen LogP contribution in [-0.4, -0.2) is 76.2 Å². The third kappa shape index (κ3) is 7.06. The number of aromatic hydroxyl groups is 1. The quantitative estimate of drug-likeness (QED) is 0.229. The molecule has 5 rings (SSSR count). The van der Waals surface area contributed by atoms with E-state index in [1.165, 1.54) is 53.1 Å². The van der Waals surface area contributed by atoms with Crippen molar-refractivity contribution in [3.63, 3.8) is 0 Å². The van der Waals surface area contributed by atoms with Gasteiger partial charge in [-0.1, -0.05) is 0 Å². The number of carbonyl (C=O) groups is 4. The highest BCUT2D eigenvalue weighted by atomic mass is 19.1. The molecule has 1 aliphatic heterocycles. The van der Waals surface area contributed by atoms with E-state index in [1.807, 2.05) is 0 Å². The Morgan fingerprint density at radius 2 is 1.62 bits per heavy atom. The second-order valence-electron chi connectivity index (χ2n) is 10.7. The molecule has 0 spiro atoms. The number of halogens is 2. The van der Waals surface area contributed by atoms with Crippen LogP contribution in [0.4, 0.5) is 20.2 Å². The van der Waals surface area contributed by atoms with Gasteiger partial charge in [-0.3, -0.25) is 14.4 Å². The zero-order chi connectivity index (χ0) is 33.8. The first kappa shape index (κ1) is 32.6. The van der Waals surface area contributed by atoms with Crippen molar-refractivity contribution in [2.45, 2.75) is 19.8 Å². The molecule has 244 valence electrons. The van der Waals surface area contributed by atoms with Crippen molar-refractivity contribution >= 4 is 46.0 Å². The lowest BCUT2D eigenvalue weighted by Crippen LogP contribution is -2.49. The zero-order valence-corrected chi connectivity index (χ0v) is 25.2. The van der Waals surface area contributed by atoms with Gasteiger partial charge in [0.15, 0.2) is 0 Å². The average molecular weight is 649 g/mol. The third-order valence-electron chi connectivity index (χ3n) is 7.72. The van der Waals surface area contributed by atoms with Crippen LogP contribution in [0.1, 0.15) is 40.5 Å². The van der Waals surface area contributed by atoms with Gasteiger partial charge >= 0.3 is 11.9 Å². The molecule has 0 atom stereocenters. The lowest BCUT2D eigenvalue weighted by Gasteiger charge is -2.36. The van der Waals surface area contributed by atoms with E-state index in [1.54, 1.807) is 16.7 Å². The van der Waals surface area contributed by atoms with Crippen LogP contribution < -0.4 is 15.6 Å². The number of nitrogens with one attached hydrogen (secondary N) is 1. The predicted molar refractivity (Wildman–Crippen MR) is 167 cm³/mol. The van der Waals surface area contributed by atoms with Crippen LogP contribution in [0.15, 0.2) is 65.6 Å². The summed E-state index contributed by atoms with van der Waals surface area (Å²) in [4.78, 5) is 65.1. The standard InChI is InChI=1S/C33H30F2N4O8/c1-2-47-33(46)22-8-5-20(15-28(22)40)36-29(41)9-10-30(42)38-13-11-37(12-14-38)27-17-26-23(16-25(27)35)31(43)24(32(44)45)18-39(26)21-6-3-19(34)4-7-21/h3-8,15-18,40H,2,9-14H2,1H3,(H,36,41)(H,44,45). The van der Waals surface area contributed by atoms with Crippen LogP contribution in [0.5, 0.6) is 5.75 Å². The molecule has 0 aliphatic carbocycles. The zero-order valence-electron chi connectivity index (χ0n) is 25.2. The van der Waals surface area contributed by atoms with Gasteiger partial charge in [-0.2, -0.15) is 0 Å². The number of rotatable bonds is 9. The van der Waals surface area contributed by atoms with Gasteiger partial charge in [-0.15, -0.1) is 0 Å². The molecule has 3 N–H and O–H groups in total. The van der Waals surface area contributed by atoms with Crippen molar-refractivity contribution in [2.75, 3.05) is 43.0 Å². The van der Waals surface area contributed by atoms with Crippen molar-refractivity contribution in [1.29, 1.82) is 0 Å². The summed E-state index contributed by atoms with van der Waals surface area (Å²) in [5.41, 5.74) is -0.515. The molecular weight excluding hydrogens is 618 g/mol. The largest absolute Gasteiger partial charge is 0.507 e. The summed E-state index contributed by atoms with van der Waals surface area (Å²) >= 11 is 0. The lowest BCUT2D eigenvalue weighted by atomic mass is 10.1. The maximum absolute atomic E-state index is 15.4. The molecule has 2 heterocycles. The smallest absolute Gasteiger partial charge is 0.341 e. The number of aromatic carboxylic acids is 1. The Kier molecular flexibility index (Phi) is 9.49. The summed E-state index contributed by atoms with van der Waals surface area (Å²) in [5.74, 6) is -4.57. The third-order valence-corrected chi connectivity index (χ3v) is 7.72. The van der Waals surface area contributed by atoms with Gasteiger partial charge in [0.05, 0.1) is 17.8 Å². The number of nitrogens with zero attached hydrogens (tertiary/aromatic N) is 3. The number of fused-ring (bicyclic) bond motifs is 1. The van der Waals surface area contributed by atoms with Crippen molar-refractivity contribution in [1.82, 2.24) is 9.47 Å². The van der Waals surface area contributed by atoms with E-state index in [9.17, 15) is 38.6 Å². The van der Waals surface area contributed by atoms with Crippen LogP contribution in [-0.2, 0) is 14.3 Å². The number of carboxylic acids is 1. The van der Waals surface area contributed by atoms with E-state index in [2.05, 4.69) is 5.32 Å². The topological polar surface area (TPSA) is 158 Å². The Labute approximate surface area is 266 Å². The second-order valence-corrected chi connectivity index (χ2v) is 10.7. The van der Waals surface area contributed by atoms with Crippen LogP contribution >= 0.6 is 0 Å². The van der Waals surface area contributed by atoms with Crippen LogP contribution in [0, 0.1) is 11.6 Å². The summed E-state index contributed by atoms with van der Waals surface area (Å²) < 4.78 is 35.3. The van der Waals surface area contributed by atoms with Crippen LogP contribution in [0.2, 0.25) is 0 Å². The predicted octanol–water partition coefficient (Wildman–Crippen LogP) is 3.92. The molecule has 1 aliphatic rings. The highest BCUT2D eigenvalue weighted by Gasteiger charge is 2.25. The normalized spacial score (nSPS) is 13.0. The molecular formula is C33H30F2N4O8. The Balaban J connectivity index is 1.25. The van der Waals surface area contributed by atoms with Gasteiger partial charge in [0.1, 0.15) is 28.5 Å². The number of hydrogen-bond donors (Lipinski definition) is 3. The maximum atomic E-state index is 15.4. The number of esters is 1. The number of pyridine rings is 1. The number of benzene rings is 3. The SMILES string of the molecule is CCOC(=O)c1ccc(NC(=O)CCC(=O)N2CCN(c3cc4c(cc3F)c(=O)c(C(=O)O)cn4-c3ccc(F)cc3)CC2)cc1O. The highest BCUT2D eigenvalue weighted by Crippen LogP contribution is 2.28. The summed E-state index contributed by atoms with van der Waals surface area (Å²) in [6.45, 7) is 2.70. The number of anilines is 2. The number of carboxylic acid groups (broad SMARTS) is 1. The number of carbonyl (C=O) groups excluding carboxylic acids is 3. The van der Waals surface area contributed by atoms with Gasteiger partial charge in [-0.05, 0) is 55.5 Å². The molecule has 0 saturated carbocycles. The van der Waals surface area contributed by atoms with Gasteiger partial charge in [0.25, 0.3) is 0 Å². The Hall–Kier alpha value is -5.79. The molecule has 47 heavy (non-hydrogen) atoms. The number of phenols is 1. The molecule has 4 aromatic rings. The molecule has 14 heteroatoms. The van der Waals surface area contributed by atoms with E-state index in [0.29, 0.717) is 5.69 Å². The Morgan fingerprint density at radius 1 is 0.915 bits per heavy atom. The molecule has 2 amide bonds. The van der Waals surface area contributed by atoms with E-state index in [0.717, 1.165) is 12.3 Å². The first-order valence-corrected chi connectivity index (χ1v) is 14.7. The first-order valence-electron chi connectivity index (χ1n) is 14.7. The van der Waals surface area contributed by atoms with Crippen molar-refractivity contribution < 1.29 is 42.9 Å². The van der Waals surface area contributed by atoms with E-state index in [4.69, 9.17) is 4.74 Å². The number of phenolic OH excluding ortho intramolecular Hbond substituents is 1. The van der Waals surface area contributed by atoms with Crippen LogP contribution in [0.25, 0.3) is 16.6 Å². The summed E-state index contributed by atoms with van der Waals surface area (Å²) in [6, 6.07) is 11.6. The van der Waals surface area contributed by atoms with E-state index >= 15 is 4.39 Å². The fourth-order valence-electron chi connectivity index (χ4n) is 5.33. The number of piperazine rings is 1. The fourth-order valence-corrected chi connectivity index (χ4v) is 5.33. The Morgan fingerprint density at radius 3 is 2.26 bits per heavy atom. The molecule has 1 aromatic heterocycles. The van der Waals surface area contributed by atoms with Gasteiger partial charge in [-0.25, -0.2) is 18.4 Å². The lowest BCUT2D eigenvalue weighted by molar-refractivity contribution is -0.133. The number of ether oxygens (including phenoxy) is 1. The molecule has 0 radical (unpaired) electrons. The maximum Gasteiger partial charge on any atom is 0.341 e. The minimum atomic E-state index is -1.49. The Bertz CT molecular complexity index is 1940. The van der Waals surface area contributed by atoms with Gasteiger partial charge in [0.2, 0.25) is 17.2 Å². The summed E-state index contributed by atoms with van der Waals surface area (Å²) in [6.07, 6.45) is 0.882. The molecule has 1 fully saturated rings. The number of aromatic nitrogens is 1. The minimum absolute atomic E-state index is 0.0442. The van der Waals surface area contributed by atoms with Gasteiger partial charge < -0.3 is 34.6 Å². The molecule has 3 aromatic carbocycles. The summed E-state index contributed by atoms with van der Waals surface area (Å²) in [5, 5.41) is 22.1. The highest BCUT2D eigenvalue weighted by molar-refractivity contribution is 5.97. The first-order chi connectivity index (χ1) is 22.5. The summed E-state index contributed by atoms with van der Waals surface area (Å²) in [7, 11) is 0. The van der Waals surface area contributed by atoms with Crippen molar-refractivity contribution in [3.8, 4) is 11.4 Å². The molecule has 12 nitrogen and oxygen atoms in total. The van der Waals surface area contributed by atoms with Gasteiger partial charge in [0, 0.05) is 68.0 Å². The average Bonchev–Trinajstić information content (AvgIpc) is 3.04. The van der Waals surface area contributed by atoms with Crippen LogP contribution in [0.3, 0.4) is 0 Å². The monoisotopic (exact) mass is 648 g/mol. The molecule has 0 bridgehead atoms. The van der Waals surface area contributed by atoms with E-state index < -0.39 is 40.5 Å². The van der Waals surface area contributed by atoms with E-state index in [-0.39, 0.29) is 85.1 Å². The number of amides is 2. The molecule has 1 saturated heterocycles. The second kappa shape index (κ2) is 13.7. The number of hydrogen-bond acceptors (Lipinski definition) is 8. The minimum Gasteiger partial charge on any atom is -0.507 e. The molecule has 0 unspecified atom stereocenters. The van der Waals surface area contributed by atoms with Crippen molar-refractivity contribution in [2.24, 2.45) is 0 Å². The fraction of sp³-hybridized carbons (Fsp3) is 0.242. The van der Waals surface area contributed by atoms with Crippen molar-refractivity contribution in [3.05, 3.63) is 93.8 Å².